The van der Waals surface area contributed by atoms with Crippen LogP contribution in [0.3, 0.4) is 0 Å². The number of rotatable bonds is 6. The molecular formula is C23H21N7O2S. The lowest BCUT2D eigenvalue weighted by Gasteiger charge is -2.04. The van der Waals surface area contributed by atoms with Crippen LogP contribution >= 0.6 is 11.8 Å². The van der Waals surface area contributed by atoms with E-state index in [0.717, 1.165) is 17.0 Å². The number of hydrogen-bond donors (Lipinski definition) is 0. The molecule has 0 spiro atoms. The van der Waals surface area contributed by atoms with Gasteiger partial charge in [0.15, 0.2) is 11.2 Å². The molecule has 166 valence electrons. The van der Waals surface area contributed by atoms with Crippen LogP contribution in [0.15, 0.2) is 53.7 Å². The van der Waals surface area contributed by atoms with Crippen LogP contribution in [0, 0.1) is 13.8 Å². The Morgan fingerprint density at radius 3 is 2.36 bits per heavy atom. The minimum absolute atomic E-state index is 0.0181. The summed E-state index contributed by atoms with van der Waals surface area (Å²) in [4.78, 5) is 16.5. The summed E-state index contributed by atoms with van der Waals surface area (Å²) in [6.45, 7) is 4.09. The SMILES string of the molecule is COC(=O)Cc1nn(-c2ccc(C)cc2)c2c1nnc1nc(SCc3ccc(C)cc3)nn12. The third-order valence-electron chi connectivity index (χ3n) is 5.22. The smallest absolute Gasteiger partial charge is 0.311 e. The number of aryl methyl sites for hydroxylation is 2. The Morgan fingerprint density at radius 1 is 0.970 bits per heavy atom. The number of aromatic nitrogens is 7. The number of nitrogens with zero attached hydrogens (tertiary/aromatic N) is 7. The average molecular weight is 460 g/mol. The van der Waals surface area contributed by atoms with E-state index in [4.69, 9.17) is 4.74 Å². The highest BCUT2D eigenvalue weighted by Crippen LogP contribution is 2.24. The van der Waals surface area contributed by atoms with Gasteiger partial charge in [-0.25, -0.2) is 4.68 Å². The monoisotopic (exact) mass is 459 g/mol. The number of methoxy groups -OCH3 is 1. The van der Waals surface area contributed by atoms with Crippen molar-refractivity contribution in [3.8, 4) is 5.69 Å². The number of fused-ring (bicyclic) bond motifs is 3. The molecule has 0 amide bonds. The van der Waals surface area contributed by atoms with Crippen molar-refractivity contribution in [3.05, 3.63) is 70.9 Å². The van der Waals surface area contributed by atoms with E-state index in [-0.39, 0.29) is 6.42 Å². The topological polar surface area (TPSA) is 100 Å². The first-order chi connectivity index (χ1) is 16.0. The van der Waals surface area contributed by atoms with Gasteiger partial charge in [0.05, 0.1) is 19.2 Å². The van der Waals surface area contributed by atoms with Crippen molar-refractivity contribution in [2.24, 2.45) is 0 Å². The molecule has 0 saturated heterocycles. The van der Waals surface area contributed by atoms with Gasteiger partial charge in [0.2, 0.25) is 5.16 Å². The normalized spacial score (nSPS) is 11.4. The van der Waals surface area contributed by atoms with Crippen molar-refractivity contribution in [2.75, 3.05) is 7.11 Å². The molecule has 0 bridgehead atoms. The van der Waals surface area contributed by atoms with E-state index in [1.165, 1.54) is 30.0 Å². The lowest BCUT2D eigenvalue weighted by molar-refractivity contribution is -0.139. The zero-order valence-electron chi connectivity index (χ0n) is 18.4. The molecule has 0 fully saturated rings. The van der Waals surface area contributed by atoms with Gasteiger partial charge in [-0.3, -0.25) is 4.79 Å². The Labute approximate surface area is 193 Å². The first kappa shape index (κ1) is 21.1. The molecule has 33 heavy (non-hydrogen) atoms. The Bertz CT molecular complexity index is 1460. The summed E-state index contributed by atoms with van der Waals surface area (Å²) in [5.74, 6) is 0.700. The van der Waals surface area contributed by atoms with E-state index >= 15 is 0 Å². The second-order valence-corrected chi connectivity index (χ2v) is 8.64. The average Bonchev–Trinajstić information content (AvgIpc) is 3.40. The molecule has 0 unspecified atom stereocenters. The lowest BCUT2D eigenvalue weighted by Crippen LogP contribution is -2.06. The number of hydrogen-bond acceptors (Lipinski definition) is 8. The van der Waals surface area contributed by atoms with Crippen LogP contribution in [0.5, 0.6) is 0 Å². The zero-order valence-corrected chi connectivity index (χ0v) is 19.2. The standard InChI is InChI=1S/C23H21N7O2S/c1-14-4-8-16(9-5-14)13-33-23-24-22-26-25-20-18(12-19(31)32-3)27-29(21(20)30(22)28-23)17-10-6-15(2)7-11-17/h4-11H,12-13H2,1-3H3. The van der Waals surface area contributed by atoms with Gasteiger partial charge in [-0.05, 0) is 31.5 Å². The van der Waals surface area contributed by atoms with Crippen LogP contribution < -0.4 is 0 Å². The lowest BCUT2D eigenvalue weighted by atomic mass is 10.2. The van der Waals surface area contributed by atoms with Gasteiger partial charge >= 0.3 is 5.97 Å². The van der Waals surface area contributed by atoms with Gasteiger partial charge in [0.25, 0.3) is 5.78 Å². The van der Waals surface area contributed by atoms with E-state index in [1.54, 1.807) is 9.20 Å². The van der Waals surface area contributed by atoms with Crippen molar-refractivity contribution < 1.29 is 9.53 Å². The van der Waals surface area contributed by atoms with Crippen LogP contribution in [0.4, 0.5) is 0 Å². The molecule has 3 aromatic heterocycles. The Kier molecular flexibility index (Phi) is 5.51. The molecule has 9 nitrogen and oxygen atoms in total. The number of carbonyl (C=O) groups is 1. The number of carbonyl (C=O) groups excluding carboxylic acids is 1. The molecular weight excluding hydrogens is 438 g/mol. The third kappa shape index (κ3) is 4.17. The van der Waals surface area contributed by atoms with Crippen molar-refractivity contribution in [1.82, 2.24) is 34.6 Å². The van der Waals surface area contributed by atoms with Crippen molar-refractivity contribution >= 4 is 34.7 Å². The van der Waals surface area contributed by atoms with Crippen LogP contribution in [0.25, 0.3) is 22.6 Å². The first-order valence-corrected chi connectivity index (χ1v) is 11.3. The maximum atomic E-state index is 12.0. The van der Waals surface area contributed by atoms with Crippen molar-refractivity contribution in [3.63, 3.8) is 0 Å². The molecule has 0 radical (unpaired) electrons. The zero-order chi connectivity index (χ0) is 22.9. The molecule has 0 saturated carbocycles. The molecule has 5 aromatic rings. The molecule has 0 N–H and O–H groups in total. The molecule has 0 aliphatic carbocycles. The predicted molar refractivity (Wildman–Crippen MR) is 124 cm³/mol. The quantitative estimate of drug-likeness (QED) is 0.281. The summed E-state index contributed by atoms with van der Waals surface area (Å²) >= 11 is 1.52. The van der Waals surface area contributed by atoms with Gasteiger partial charge in [-0.1, -0.05) is 59.3 Å². The Balaban J connectivity index is 1.59. The first-order valence-electron chi connectivity index (χ1n) is 10.3. The van der Waals surface area contributed by atoms with E-state index in [1.807, 2.05) is 31.2 Å². The summed E-state index contributed by atoms with van der Waals surface area (Å²) < 4.78 is 8.18. The fraction of sp³-hybridized carbons (Fsp3) is 0.217. The van der Waals surface area contributed by atoms with Crippen LogP contribution in [-0.4, -0.2) is 47.7 Å². The van der Waals surface area contributed by atoms with E-state index in [2.05, 4.69) is 56.6 Å². The Hall–Kier alpha value is -3.79. The summed E-state index contributed by atoms with van der Waals surface area (Å²) in [7, 11) is 1.35. The largest absolute Gasteiger partial charge is 0.469 e. The maximum absolute atomic E-state index is 12.0. The summed E-state index contributed by atoms with van der Waals surface area (Å²) in [5.41, 5.74) is 5.90. The van der Waals surface area contributed by atoms with Crippen LogP contribution in [-0.2, 0) is 21.7 Å². The summed E-state index contributed by atoms with van der Waals surface area (Å²) in [6, 6.07) is 16.3. The van der Waals surface area contributed by atoms with E-state index in [9.17, 15) is 4.79 Å². The molecule has 0 aliphatic heterocycles. The molecule has 0 atom stereocenters. The van der Waals surface area contributed by atoms with Crippen molar-refractivity contribution in [2.45, 2.75) is 31.2 Å². The second kappa shape index (κ2) is 8.62. The molecule has 0 aliphatic rings. The van der Waals surface area contributed by atoms with Crippen LogP contribution in [0.2, 0.25) is 0 Å². The number of ether oxygens (including phenoxy) is 1. The fourth-order valence-corrected chi connectivity index (χ4v) is 4.19. The maximum Gasteiger partial charge on any atom is 0.311 e. The highest BCUT2D eigenvalue weighted by molar-refractivity contribution is 7.98. The van der Waals surface area contributed by atoms with Crippen LogP contribution in [0.1, 0.15) is 22.4 Å². The highest BCUT2D eigenvalue weighted by Gasteiger charge is 2.21. The highest BCUT2D eigenvalue weighted by atomic mass is 32.2. The second-order valence-electron chi connectivity index (χ2n) is 7.70. The van der Waals surface area contributed by atoms with E-state index < -0.39 is 5.97 Å². The Morgan fingerprint density at radius 2 is 1.67 bits per heavy atom. The van der Waals surface area contributed by atoms with Crippen molar-refractivity contribution in [1.29, 1.82) is 0 Å². The number of esters is 1. The van der Waals surface area contributed by atoms with Gasteiger partial charge in [-0.2, -0.15) is 14.6 Å². The minimum Gasteiger partial charge on any atom is -0.469 e. The van der Waals surface area contributed by atoms with E-state index in [0.29, 0.717) is 27.8 Å². The fourth-order valence-electron chi connectivity index (χ4n) is 3.41. The molecule has 10 heteroatoms. The minimum atomic E-state index is -0.403. The van der Waals surface area contributed by atoms with Gasteiger partial charge in [-0.15, -0.1) is 15.3 Å². The number of benzene rings is 2. The molecule has 2 aromatic carbocycles. The predicted octanol–water partition coefficient (Wildman–Crippen LogP) is 3.48. The third-order valence-corrected chi connectivity index (χ3v) is 6.13. The molecule has 3 heterocycles. The summed E-state index contributed by atoms with van der Waals surface area (Å²) in [5, 5.41) is 18.5. The van der Waals surface area contributed by atoms with Gasteiger partial charge in [0, 0.05) is 5.75 Å². The number of thioether (sulfide) groups is 1. The van der Waals surface area contributed by atoms with Gasteiger partial charge < -0.3 is 4.74 Å². The summed E-state index contributed by atoms with van der Waals surface area (Å²) in [6.07, 6.45) is -0.0181. The molecule has 5 rings (SSSR count). The van der Waals surface area contributed by atoms with Gasteiger partial charge in [0.1, 0.15) is 5.69 Å².